The van der Waals surface area contributed by atoms with Gasteiger partial charge in [0.1, 0.15) is 11.9 Å². The lowest BCUT2D eigenvalue weighted by molar-refractivity contribution is 0.0597. The number of nitrogens with zero attached hydrogens (tertiary/aromatic N) is 3. The molecule has 1 aliphatic heterocycles. The molecule has 4 rings (SSSR count). The van der Waals surface area contributed by atoms with E-state index in [-0.39, 0.29) is 17.9 Å². The van der Waals surface area contributed by atoms with Gasteiger partial charge in [0.15, 0.2) is 0 Å². The minimum absolute atomic E-state index is 0.0135. The molecule has 152 valence electrons. The van der Waals surface area contributed by atoms with Crippen LogP contribution < -0.4 is 4.74 Å². The van der Waals surface area contributed by atoms with Gasteiger partial charge in [0.2, 0.25) is 0 Å². The van der Waals surface area contributed by atoms with Crippen molar-refractivity contribution in [3.63, 3.8) is 0 Å². The summed E-state index contributed by atoms with van der Waals surface area (Å²) in [5.74, 6) is 1.11. The molecule has 29 heavy (non-hydrogen) atoms. The first kappa shape index (κ1) is 19.4. The summed E-state index contributed by atoms with van der Waals surface area (Å²) in [5, 5.41) is 4.74. The van der Waals surface area contributed by atoms with Gasteiger partial charge in [0, 0.05) is 31.6 Å². The number of amides is 1. The number of hydrogen-bond donors (Lipinski definition) is 0. The summed E-state index contributed by atoms with van der Waals surface area (Å²) in [7, 11) is 0. The van der Waals surface area contributed by atoms with Crippen LogP contribution in [0.25, 0.3) is 11.1 Å². The van der Waals surface area contributed by atoms with Crippen LogP contribution in [0.1, 0.15) is 59.9 Å². The van der Waals surface area contributed by atoms with Crippen LogP contribution in [0.2, 0.25) is 0 Å². The van der Waals surface area contributed by atoms with E-state index in [4.69, 9.17) is 9.26 Å². The normalized spacial score (nSPS) is 15.3. The van der Waals surface area contributed by atoms with Crippen LogP contribution in [0.4, 0.5) is 0 Å². The van der Waals surface area contributed by atoms with E-state index in [2.05, 4.69) is 37.0 Å². The van der Waals surface area contributed by atoms with Crippen LogP contribution in [-0.2, 0) is 0 Å². The zero-order chi connectivity index (χ0) is 20.5. The third kappa shape index (κ3) is 3.97. The van der Waals surface area contributed by atoms with Gasteiger partial charge in [0.05, 0.1) is 16.6 Å². The molecular weight excluding hydrogens is 366 g/mol. The number of ether oxygens (including phenoxy) is 1. The van der Waals surface area contributed by atoms with Crippen molar-refractivity contribution in [1.29, 1.82) is 0 Å². The molecule has 0 spiro atoms. The van der Waals surface area contributed by atoms with E-state index in [9.17, 15) is 4.79 Å². The Bertz CT molecular complexity index is 1030. The maximum atomic E-state index is 13.3. The number of rotatable bonds is 4. The minimum atomic E-state index is 0.0135. The Labute approximate surface area is 170 Å². The predicted molar refractivity (Wildman–Crippen MR) is 111 cm³/mol. The summed E-state index contributed by atoms with van der Waals surface area (Å²) in [5.41, 5.74) is 3.80. The van der Waals surface area contributed by atoms with Crippen LogP contribution in [0.3, 0.4) is 0 Å². The Balaban J connectivity index is 1.50. The lowest BCUT2D eigenvalue weighted by Gasteiger charge is -2.32. The number of likely N-dealkylation sites (tertiary alicyclic amines) is 1. The number of piperidine rings is 1. The molecule has 0 atom stereocenters. The highest BCUT2D eigenvalue weighted by atomic mass is 16.5. The van der Waals surface area contributed by atoms with E-state index in [0.717, 1.165) is 29.7 Å². The molecule has 0 bridgehead atoms. The monoisotopic (exact) mass is 393 g/mol. The summed E-state index contributed by atoms with van der Waals surface area (Å²) in [6, 6.07) is 10.00. The first-order valence-electron chi connectivity index (χ1n) is 10.2. The highest BCUT2D eigenvalue weighted by Gasteiger charge is 2.28. The van der Waals surface area contributed by atoms with Crippen LogP contribution in [0.15, 0.2) is 34.9 Å². The summed E-state index contributed by atoms with van der Waals surface area (Å²) >= 11 is 0. The van der Waals surface area contributed by atoms with Gasteiger partial charge >= 0.3 is 0 Å². The molecule has 1 aromatic carbocycles. The molecule has 1 amide bonds. The highest BCUT2D eigenvalue weighted by molar-refractivity contribution is 6.06. The van der Waals surface area contributed by atoms with E-state index in [1.807, 2.05) is 36.1 Å². The summed E-state index contributed by atoms with van der Waals surface area (Å²) in [6.45, 7) is 9.35. The second kappa shape index (κ2) is 7.85. The van der Waals surface area contributed by atoms with E-state index in [0.29, 0.717) is 30.1 Å². The Morgan fingerprint density at radius 3 is 2.66 bits per heavy atom. The van der Waals surface area contributed by atoms with E-state index in [1.165, 1.54) is 5.56 Å². The van der Waals surface area contributed by atoms with Crippen molar-refractivity contribution in [3.05, 3.63) is 52.8 Å². The van der Waals surface area contributed by atoms with Crippen molar-refractivity contribution in [2.45, 2.75) is 52.6 Å². The molecule has 3 aromatic rings. The van der Waals surface area contributed by atoms with Crippen LogP contribution >= 0.6 is 0 Å². The van der Waals surface area contributed by atoms with Gasteiger partial charge in [-0.05, 0) is 43.5 Å². The lowest BCUT2D eigenvalue weighted by Crippen LogP contribution is -2.42. The molecule has 6 heteroatoms. The third-order valence-corrected chi connectivity index (χ3v) is 5.48. The molecule has 6 nitrogen and oxygen atoms in total. The zero-order valence-corrected chi connectivity index (χ0v) is 17.4. The molecular formula is C23H27N3O3. The Morgan fingerprint density at radius 1 is 1.21 bits per heavy atom. The second-order valence-electron chi connectivity index (χ2n) is 8.12. The van der Waals surface area contributed by atoms with Crippen molar-refractivity contribution >= 4 is 17.0 Å². The first-order valence-corrected chi connectivity index (χ1v) is 10.2. The van der Waals surface area contributed by atoms with Crippen LogP contribution in [0.5, 0.6) is 5.75 Å². The zero-order valence-electron chi connectivity index (χ0n) is 17.4. The van der Waals surface area contributed by atoms with Gasteiger partial charge in [0.25, 0.3) is 11.6 Å². The molecule has 3 heterocycles. The van der Waals surface area contributed by atoms with Crippen molar-refractivity contribution in [3.8, 4) is 5.75 Å². The van der Waals surface area contributed by atoms with E-state index >= 15 is 0 Å². The third-order valence-electron chi connectivity index (χ3n) is 5.48. The summed E-state index contributed by atoms with van der Waals surface area (Å²) in [6.07, 6.45) is 1.75. The molecule has 1 saturated heterocycles. The van der Waals surface area contributed by atoms with Gasteiger partial charge in [-0.2, -0.15) is 0 Å². The molecule has 2 aromatic heterocycles. The second-order valence-corrected chi connectivity index (χ2v) is 8.12. The number of carbonyl (C=O) groups is 1. The van der Waals surface area contributed by atoms with Gasteiger partial charge in [-0.3, -0.25) is 4.79 Å². The smallest absolute Gasteiger partial charge is 0.259 e. The molecule has 0 unspecified atom stereocenters. The molecule has 0 saturated carbocycles. The Kier molecular flexibility index (Phi) is 5.26. The average Bonchev–Trinajstić information content (AvgIpc) is 3.08. The van der Waals surface area contributed by atoms with Crippen molar-refractivity contribution in [2.24, 2.45) is 0 Å². The summed E-state index contributed by atoms with van der Waals surface area (Å²) < 4.78 is 11.5. The number of fused-ring (bicyclic) bond motifs is 1. The Morgan fingerprint density at radius 2 is 1.97 bits per heavy atom. The molecule has 1 fully saturated rings. The average molecular weight is 393 g/mol. The molecule has 1 aliphatic rings. The number of benzene rings is 1. The number of pyridine rings is 1. The first-order chi connectivity index (χ1) is 13.9. The van der Waals surface area contributed by atoms with Crippen LogP contribution in [0, 0.1) is 13.8 Å². The van der Waals surface area contributed by atoms with Gasteiger partial charge < -0.3 is 14.2 Å². The SMILES string of the molecule is Cc1cccc(OC2CCN(C(=O)c3cc(C(C)C)nc4onc(C)c34)CC2)c1. The van der Waals surface area contributed by atoms with Gasteiger partial charge in [-0.25, -0.2) is 4.98 Å². The fourth-order valence-electron chi connectivity index (χ4n) is 3.81. The maximum absolute atomic E-state index is 13.3. The number of hydrogen-bond acceptors (Lipinski definition) is 5. The van der Waals surface area contributed by atoms with Crippen molar-refractivity contribution < 1.29 is 14.1 Å². The fourth-order valence-corrected chi connectivity index (χ4v) is 3.81. The minimum Gasteiger partial charge on any atom is -0.490 e. The van der Waals surface area contributed by atoms with Crippen LogP contribution in [-0.4, -0.2) is 40.1 Å². The number of carbonyl (C=O) groups excluding carboxylic acids is 1. The van der Waals surface area contributed by atoms with Crippen molar-refractivity contribution in [1.82, 2.24) is 15.0 Å². The maximum Gasteiger partial charge on any atom is 0.259 e. The number of aromatic nitrogens is 2. The molecule has 0 aliphatic carbocycles. The fraction of sp³-hybridized carbons (Fsp3) is 0.435. The largest absolute Gasteiger partial charge is 0.490 e. The summed E-state index contributed by atoms with van der Waals surface area (Å²) in [4.78, 5) is 19.8. The van der Waals surface area contributed by atoms with Gasteiger partial charge in [-0.1, -0.05) is 31.1 Å². The standard InChI is InChI=1S/C23H27N3O3/c1-14(2)20-13-19(21-16(4)25-29-22(21)24-20)23(27)26-10-8-17(9-11-26)28-18-7-5-6-15(3)12-18/h5-7,12-14,17H,8-11H2,1-4H3. The molecule has 0 N–H and O–H groups in total. The Hall–Kier alpha value is -2.89. The highest BCUT2D eigenvalue weighted by Crippen LogP contribution is 2.27. The van der Waals surface area contributed by atoms with Crippen molar-refractivity contribution in [2.75, 3.05) is 13.1 Å². The van der Waals surface area contributed by atoms with E-state index < -0.39 is 0 Å². The topological polar surface area (TPSA) is 68.5 Å². The lowest BCUT2D eigenvalue weighted by atomic mass is 10.0. The van der Waals surface area contributed by atoms with E-state index in [1.54, 1.807) is 0 Å². The predicted octanol–water partition coefficient (Wildman–Crippen LogP) is 4.65. The number of aryl methyl sites for hydroxylation is 2. The molecule has 0 radical (unpaired) electrons. The van der Waals surface area contributed by atoms with Gasteiger partial charge in [-0.15, -0.1) is 0 Å². The quantitative estimate of drug-likeness (QED) is 0.645.